The summed E-state index contributed by atoms with van der Waals surface area (Å²) in [6.45, 7) is 4.52. The van der Waals surface area contributed by atoms with E-state index in [0.717, 1.165) is 32.1 Å². The first-order valence-electron chi connectivity index (χ1n) is 5.69. The van der Waals surface area contributed by atoms with Gasteiger partial charge in [-0.2, -0.15) is 0 Å². The summed E-state index contributed by atoms with van der Waals surface area (Å²) < 4.78 is 22.5. The molecule has 15 heavy (non-hydrogen) atoms. The highest BCUT2D eigenvalue weighted by molar-refractivity contribution is 7.89. The first-order chi connectivity index (χ1) is 7.12. The summed E-state index contributed by atoms with van der Waals surface area (Å²) in [6.07, 6.45) is 5.60. The highest BCUT2D eigenvalue weighted by atomic mass is 32.2. The fraction of sp³-hybridized carbons (Fsp3) is 1.00. The van der Waals surface area contributed by atoms with E-state index in [0.29, 0.717) is 13.0 Å². The van der Waals surface area contributed by atoms with Crippen LogP contribution in [-0.2, 0) is 14.9 Å². The van der Waals surface area contributed by atoms with Crippen molar-refractivity contribution in [3.8, 4) is 0 Å². The lowest BCUT2D eigenvalue weighted by atomic mass is 10.3. The molecule has 0 heterocycles. The van der Waals surface area contributed by atoms with Crippen LogP contribution in [0.3, 0.4) is 0 Å². The van der Waals surface area contributed by atoms with Gasteiger partial charge in [-0.3, -0.25) is 4.84 Å². The Morgan fingerprint density at radius 2 is 1.60 bits per heavy atom. The Hall–Kier alpha value is -0.130. The molecule has 0 amide bonds. The van der Waals surface area contributed by atoms with E-state index >= 15 is 0 Å². The van der Waals surface area contributed by atoms with Gasteiger partial charge < -0.3 is 0 Å². The maximum absolute atomic E-state index is 11.2. The minimum absolute atomic E-state index is 0.106. The van der Waals surface area contributed by atoms with Gasteiger partial charge in [0.25, 0.3) is 10.0 Å². The molecule has 0 aromatic rings. The molecular formula is C10H22NO3S. The SMILES string of the molecule is CCCCCO[N]S(=O)(=O)CCCCC. The monoisotopic (exact) mass is 236 g/mol. The van der Waals surface area contributed by atoms with Gasteiger partial charge in [0.15, 0.2) is 0 Å². The third kappa shape index (κ3) is 10.2. The summed E-state index contributed by atoms with van der Waals surface area (Å²) in [5.41, 5.74) is 0. The van der Waals surface area contributed by atoms with Crippen molar-refractivity contribution < 1.29 is 13.3 Å². The second kappa shape index (κ2) is 9.12. The second-order valence-electron chi connectivity index (χ2n) is 3.61. The number of nitrogens with zero attached hydrogens (tertiary/aromatic N) is 1. The van der Waals surface area contributed by atoms with Crippen molar-refractivity contribution in [1.82, 2.24) is 4.89 Å². The largest absolute Gasteiger partial charge is 0.267 e. The molecule has 0 aromatic heterocycles. The molecule has 0 unspecified atom stereocenters. The Bertz CT molecular complexity index is 227. The zero-order valence-corrected chi connectivity index (χ0v) is 10.6. The number of hydrogen-bond donors (Lipinski definition) is 0. The van der Waals surface area contributed by atoms with Crippen molar-refractivity contribution in [2.45, 2.75) is 52.4 Å². The van der Waals surface area contributed by atoms with E-state index < -0.39 is 10.0 Å². The first kappa shape index (κ1) is 14.9. The van der Waals surface area contributed by atoms with E-state index in [1.165, 1.54) is 0 Å². The Morgan fingerprint density at radius 3 is 2.20 bits per heavy atom. The maximum Gasteiger partial charge on any atom is 0.252 e. The number of rotatable bonds is 10. The number of sulfonamides is 1. The van der Waals surface area contributed by atoms with Crippen LogP contribution in [0.2, 0.25) is 0 Å². The molecule has 0 aliphatic heterocycles. The van der Waals surface area contributed by atoms with Crippen LogP contribution in [0.4, 0.5) is 0 Å². The summed E-state index contributed by atoms with van der Waals surface area (Å²) in [5, 5.41) is 0. The topological polar surface area (TPSA) is 57.5 Å². The molecule has 1 radical (unpaired) electrons. The van der Waals surface area contributed by atoms with Crippen LogP contribution in [0.25, 0.3) is 0 Å². The normalized spacial score (nSPS) is 11.9. The summed E-state index contributed by atoms with van der Waals surface area (Å²) >= 11 is 0. The average Bonchev–Trinajstić information content (AvgIpc) is 2.17. The van der Waals surface area contributed by atoms with Gasteiger partial charge in [0.1, 0.15) is 0 Å². The summed E-state index contributed by atoms with van der Waals surface area (Å²) in [4.78, 5) is 8.04. The smallest absolute Gasteiger partial charge is 0.252 e. The Balaban J connectivity index is 3.47. The van der Waals surface area contributed by atoms with Crippen molar-refractivity contribution in [3.63, 3.8) is 0 Å². The molecular weight excluding hydrogens is 214 g/mol. The molecule has 0 aromatic carbocycles. The average molecular weight is 236 g/mol. The third-order valence-corrected chi connectivity index (χ3v) is 3.15. The molecule has 0 saturated carbocycles. The summed E-state index contributed by atoms with van der Waals surface area (Å²) in [6, 6.07) is 0. The highest BCUT2D eigenvalue weighted by Gasteiger charge is 2.11. The standard InChI is InChI=1S/C10H22NO3S/c1-3-5-7-9-14-11-15(12,13)10-8-6-4-2/h3-10H2,1-2H3. The van der Waals surface area contributed by atoms with Crippen molar-refractivity contribution in [2.24, 2.45) is 0 Å². The molecule has 5 heteroatoms. The van der Waals surface area contributed by atoms with Gasteiger partial charge in [-0.25, -0.2) is 8.42 Å². The molecule has 0 rings (SSSR count). The summed E-state index contributed by atoms with van der Waals surface area (Å²) in [7, 11) is -3.34. The summed E-state index contributed by atoms with van der Waals surface area (Å²) in [5.74, 6) is 0.106. The van der Waals surface area contributed by atoms with E-state index in [1.54, 1.807) is 0 Å². The lowest BCUT2D eigenvalue weighted by molar-refractivity contribution is 0.0831. The van der Waals surface area contributed by atoms with Crippen molar-refractivity contribution in [1.29, 1.82) is 0 Å². The highest BCUT2D eigenvalue weighted by Crippen LogP contribution is 1.99. The molecule has 0 fully saturated rings. The lowest BCUT2D eigenvalue weighted by Crippen LogP contribution is -2.20. The van der Waals surface area contributed by atoms with Crippen LogP contribution in [-0.4, -0.2) is 20.8 Å². The van der Waals surface area contributed by atoms with E-state index in [-0.39, 0.29) is 5.75 Å². The fourth-order valence-electron chi connectivity index (χ4n) is 1.11. The van der Waals surface area contributed by atoms with Gasteiger partial charge >= 0.3 is 0 Å². The van der Waals surface area contributed by atoms with Gasteiger partial charge in [0, 0.05) is 4.89 Å². The van der Waals surface area contributed by atoms with Crippen LogP contribution in [0.1, 0.15) is 52.4 Å². The van der Waals surface area contributed by atoms with Crippen LogP contribution in [0, 0.1) is 0 Å². The van der Waals surface area contributed by atoms with Crippen molar-refractivity contribution in [3.05, 3.63) is 0 Å². The number of hydrogen-bond acceptors (Lipinski definition) is 3. The van der Waals surface area contributed by atoms with Crippen molar-refractivity contribution >= 4 is 10.0 Å². The molecule has 0 aliphatic carbocycles. The van der Waals surface area contributed by atoms with E-state index in [9.17, 15) is 8.42 Å². The second-order valence-corrected chi connectivity index (χ2v) is 5.33. The zero-order valence-electron chi connectivity index (χ0n) is 9.74. The predicted molar refractivity (Wildman–Crippen MR) is 60.9 cm³/mol. The van der Waals surface area contributed by atoms with Crippen molar-refractivity contribution in [2.75, 3.05) is 12.4 Å². The zero-order chi connectivity index (χ0) is 11.6. The minimum atomic E-state index is -3.34. The molecule has 0 spiro atoms. The van der Waals surface area contributed by atoms with Gasteiger partial charge in [-0.1, -0.05) is 39.5 Å². The van der Waals surface area contributed by atoms with Gasteiger partial charge in [-0.15, -0.1) is 0 Å². The maximum atomic E-state index is 11.2. The lowest BCUT2D eigenvalue weighted by Gasteiger charge is -2.03. The van der Waals surface area contributed by atoms with Crippen LogP contribution in [0.5, 0.6) is 0 Å². The predicted octanol–water partition coefficient (Wildman–Crippen LogP) is 2.23. The Labute approximate surface area is 93.4 Å². The molecule has 91 valence electrons. The van der Waals surface area contributed by atoms with E-state index in [2.05, 4.69) is 11.8 Å². The fourth-order valence-corrected chi connectivity index (χ4v) is 1.98. The van der Waals surface area contributed by atoms with Crippen LogP contribution in [0.15, 0.2) is 0 Å². The molecule has 4 nitrogen and oxygen atoms in total. The number of unbranched alkanes of at least 4 members (excludes halogenated alkanes) is 4. The third-order valence-electron chi connectivity index (χ3n) is 2.01. The molecule has 0 N–H and O–H groups in total. The molecule has 0 aliphatic rings. The molecule has 0 atom stereocenters. The molecule has 0 saturated heterocycles. The van der Waals surface area contributed by atoms with Gasteiger partial charge in [0.05, 0.1) is 12.4 Å². The van der Waals surface area contributed by atoms with Crippen LogP contribution < -0.4 is 4.89 Å². The Kier molecular flexibility index (Phi) is 9.04. The van der Waals surface area contributed by atoms with Gasteiger partial charge in [0.2, 0.25) is 0 Å². The first-order valence-corrected chi connectivity index (χ1v) is 7.30. The molecule has 0 bridgehead atoms. The van der Waals surface area contributed by atoms with Gasteiger partial charge in [-0.05, 0) is 12.8 Å². The van der Waals surface area contributed by atoms with E-state index in [1.807, 2.05) is 6.92 Å². The van der Waals surface area contributed by atoms with E-state index in [4.69, 9.17) is 4.84 Å². The quantitative estimate of drug-likeness (QED) is 0.432. The Morgan fingerprint density at radius 1 is 1.00 bits per heavy atom. The van der Waals surface area contributed by atoms with Crippen LogP contribution >= 0.6 is 0 Å². The minimum Gasteiger partial charge on any atom is -0.267 e.